The number of hydrogen-bond acceptors (Lipinski definition) is 6. The second kappa shape index (κ2) is 8.34. The Hall–Kier alpha value is -4.27. The van der Waals surface area contributed by atoms with Crippen molar-refractivity contribution in [1.82, 2.24) is 24.5 Å². The van der Waals surface area contributed by atoms with E-state index in [9.17, 15) is 10.1 Å². The van der Waals surface area contributed by atoms with Crippen molar-refractivity contribution >= 4 is 16.6 Å². The van der Waals surface area contributed by atoms with Gasteiger partial charge >= 0.3 is 5.69 Å². The minimum atomic E-state index is -0.471. The van der Waals surface area contributed by atoms with Gasteiger partial charge in [-0.2, -0.15) is 5.10 Å². The molecule has 5 aromatic rings. The third-order valence-electron chi connectivity index (χ3n) is 5.92. The molecular formula is C24H22N6O3. The summed E-state index contributed by atoms with van der Waals surface area (Å²) in [7, 11) is 0. The average molecular weight is 442 g/mol. The van der Waals surface area contributed by atoms with E-state index in [4.69, 9.17) is 4.42 Å². The number of rotatable bonds is 7. The minimum Gasteiger partial charge on any atom is -0.421 e. The summed E-state index contributed by atoms with van der Waals surface area (Å²) in [6.07, 6.45) is 3.04. The molecule has 0 aliphatic heterocycles. The zero-order valence-electron chi connectivity index (χ0n) is 18.3. The molecule has 0 radical (unpaired) electrons. The maximum absolute atomic E-state index is 10.8. The van der Waals surface area contributed by atoms with Crippen molar-refractivity contribution in [2.45, 2.75) is 33.4 Å². The van der Waals surface area contributed by atoms with Gasteiger partial charge in [0.25, 0.3) is 0 Å². The van der Waals surface area contributed by atoms with Crippen molar-refractivity contribution in [3.05, 3.63) is 93.8 Å². The van der Waals surface area contributed by atoms with E-state index < -0.39 is 4.92 Å². The second-order valence-corrected chi connectivity index (χ2v) is 7.98. The molecule has 0 atom stereocenters. The molecule has 0 saturated carbocycles. The summed E-state index contributed by atoms with van der Waals surface area (Å²) < 4.78 is 9.68. The number of benzene rings is 2. The Bertz CT molecular complexity index is 1450. The number of aromatic nitrogens is 5. The van der Waals surface area contributed by atoms with Crippen LogP contribution in [0.1, 0.15) is 22.7 Å². The van der Waals surface area contributed by atoms with Gasteiger partial charge in [-0.1, -0.05) is 30.3 Å². The van der Waals surface area contributed by atoms with E-state index in [-0.39, 0.29) is 5.69 Å². The highest BCUT2D eigenvalue weighted by Gasteiger charge is 2.15. The molecule has 9 nitrogen and oxygen atoms in total. The SMILES string of the molecule is Cc1c(C)n(Cc2ccccc2)c2ccc(-c3nnc(CCn4cc([N+](=O)[O-])cn4)o3)cc12. The van der Waals surface area contributed by atoms with Gasteiger partial charge in [-0.25, -0.2) is 0 Å². The highest BCUT2D eigenvalue weighted by molar-refractivity contribution is 5.88. The standard InChI is InChI=1S/C24H22N6O3/c1-16-17(2)29(14-18-6-4-3-5-7-18)22-9-8-19(12-21(16)22)24-27-26-23(33-24)10-11-28-15-20(13-25-28)30(31)32/h3-9,12-13,15H,10-11,14H2,1-2H3. The molecule has 3 heterocycles. The lowest BCUT2D eigenvalue weighted by molar-refractivity contribution is -0.385. The lowest BCUT2D eigenvalue weighted by atomic mass is 10.1. The van der Waals surface area contributed by atoms with Crippen LogP contribution in [-0.2, 0) is 19.5 Å². The molecule has 0 aliphatic rings. The lowest BCUT2D eigenvalue weighted by Crippen LogP contribution is -2.01. The van der Waals surface area contributed by atoms with Crippen molar-refractivity contribution in [1.29, 1.82) is 0 Å². The summed E-state index contributed by atoms with van der Waals surface area (Å²) >= 11 is 0. The molecular weight excluding hydrogens is 420 g/mol. The monoisotopic (exact) mass is 442 g/mol. The van der Waals surface area contributed by atoms with Crippen LogP contribution in [0.25, 0.3) is 22.4 Å². The predicted octanol–water partition coefficient (Wildman–Crippen LogP) is 4.70. The van der Waals surface area contributed by atoms with Crippen LogP contribution >= 0.6 is 0 Å². The smallest absolute Gasteiger partial charge is 0.306 e. The van der Waals surface area contributed by atoms with Gasteiger partial charge in [-0.15, -0.1) is 10.2 Å². The van der Waals surface area contributed by atoms with Gasteiger partial charge in [0.1, 0.15) is 12.4 Å². The van der Waals surface area contributed by atoms with Gasteiger partial charge < -0.3 is 8.98 Å². The molecule has 0 aliphatic carbocycles. The van der Waals surface area contributed by atoms with Gasteiger partial charge in [-0.3, -0.25) is 14.8 Å². The fourth-order valence-electron chi connectivity index (χ4n) is 4.00. The number of nitrogens with zero attached hydrogens (tertiary/aromatic N) is 6. The van der Waals surface area contributed by atoms with E-state index in [2.05, 4.69) is 70.1 Å². The van der Waals surface area contributed by atoms with Crippen LogP contribution in [0.15, 0.2) is 65.3 Å². The van der Waals surface area contributed by atoms with E-state index >= 15 is 0 Å². The molecule has 166 valence electrons. The van der Waals surface area contributed by atoms with Crippen LogP contribution in [-0.4, -0.2) is 29.5 Å². The summed E-state index contributed by atoms with van der Waals surface area (Å²) in [5, 5.41) is 24.3. The van der Waals surface area contributed by atoms with Crippen molar-refractivity contribution < 1.29 is 9.34 Å². The largest absolute Gasteiger partial charge is 0.421 e. The number of aryl methyl sites for hydroxylation is 3. The summed E-state index contributed by atoms with van der Waals surface area (Å²) in [4.78, 5) is 10.3. The molecule has 0 unspecified atom stereocenters. The first kappa shape index (κ1) is 20.6. The van der Waals surface area contributed by atoms with Gasteiger partial charge in [0.15, 0.2) is 0 Å². The first-order chi connectivity index (χ1) is 16.0. The van der Waals surface area contributed by atoms with E-state index in [0.717, 1.165) is 23.0 Å². The van der Waals surface area contributed by atoms with Crippen molar-refractivity contribution in [2.24, 2.45) is 0 Å². The minimum absolute atomic E-state index is 0.0422. The molecule has 0 spiro atoms. The molecule has 3 aromatic heterocycles. The first-order valence-electron chi connectivity index (χ1n) is 10.6. The fraction of sp³-hybridized carbons (Fsp3) is 0.208. The van der Waals surface area contributed by atoms with E-state index in [1.165, 1.54) is 33.9 Å². The molecule has 0 bridgehead atoms. The van der Waals surface area contributed by atoms with E-state index in [1.807, 2.05) is 12.1 Å². The Balaban J connectivity index is 1.37. The molecule has 0 saturated heterocycles. The Morgan fingerprint density at radius 1 is 1.09 bits per heavy atom. The van der Waals surface area contributed by atoms with Crippen LogP contribution in [0, 0.1) is 24.0 Å². The summed E-state index contributed by atoms with van der Waals surface area (Å²) in [5.41, 5.74) is 5.69. The van der Waals surface area contributed by atoms with Crippen molar-refractivity contribution in [2.75, 3.05) is 0 Å². The van der Waals surface area contributed by atoms with Crippen LogP contribution in [0.3, 0.4) is 0 Å². The Kier molecular flexibility index (Phi) is 5.21. The number of fused-ring (bicyclic) bond motifs is 1. The van der Waals surface area contributed by atoms with Gasteiger partial charge in [0, 0.05) is 41.7 Å². The van der Waals surface area contributed by atoms with Crippen molar-refractivity contribution in [3.8, 4) is 11.5 Å². The number of hydrogen-bond donors (Lipinski definition) is 0. The van der Waals surface area contributed by atoms with Crippen LogP contribution < -0.4 is 0 Å². The lowest BCUT2D eigenvalue weighted by Gasteiger charge is -2.09. The normalized spacial score (nSPS) is 11.3. The Morgan fingerprint density at radius 2 is 1.91 bits per heavy atom. The molecule has 2 aromatic carbocycles. The van der Waals surface area contributed by atoms with Crippen LogP contribution in [0.2, 0.25) is 0 Å². The highest BCUT2D eigenvalue weighted by atomic mass is 16.6. The Labute approximate surface area is 189 Å². The maximum atomic E-state index is 10.8. The molecule has 9 heteroatoms. The zero-order chi connectivity index (χ0) is 22.9. The fourth-order valence-corrected chi connectivity index (χ4v) is 4.00. The maximum Gasteiger partial charge on any atom is 0.306 e. The first-order valence-corrected chi connectivity index (χ1v) is 10.6. The molecule has 33 heavy (non-hydrogen) atoms. The van der Waals surface area contributed by atoms with Crippen LogP contribution in [0.5, 0.6) is 0 Å². The van der Waals surface area contributed by atoms with Gasteiger partial charge in [0.2, 0.25) is 11.8 Å². The summed E-state index contributed by atoms with van der Waals surface area (Å²) in [6, 6.07) is 16.6. The third kappa shape index (κ3) is 4.00. The zero-order valence-corrected chi connectivity index (χ0v) is 18.3. The second-order valence-electron chi connectivity index (χ2n) is 7.98. The van der Waals surface area contributed by atoms with E-state index in [0.29, 0.717) is 24.7 Å². The number of nitro groups is 1. The third-order valence-corrected chi connectivity index (χ3v) is 5.92. The van der Waals surface area contributed by atoms with Crippen LogP contribution in [0.4, 0.5) is 5.69 Å². The molecule has 5 rings (SSSR count). The van der Waals surface area contributed by atoms with Crippen molar-refractivity contribution in [3.63, 3.8) is 0 Å². The summed E-state index contributed by atoms with van der Waals surface area (Å²) in [6.45, 7) is 5.50. The topological polar surface area (TPSA) is 105 Å². The molecule has 0 fully saturated rings. The molecule has 0 N–H and O–H groups in total. The molecule has 0 amide bonds. The van der Waals surface area contributed by atoms with E-state index in [1.54, 1.807) is 0 Å². The highest BCUT2D eigenvalue weighted by Crippen LogP contribution is 2.30. The predicted molar refractivity (Wildman–Crippen MR) is 123 cm³/mol. The quantitative estimate of drug-likeness (QED) is 0.267. The Morgan fingerprint density at radius 3 is 2.67 bits per heavy atom. The summed E-state index contributed by atoms with van der Waals surface area (Å²) in [5.74, 6) is 0.906. The van der Waals surface area contributed by atoms with Gasteiger partial charge in [0.05, 0.1) is 4.92 Å². The average Bonchev–Trinajstić information content (AvgIpc) is 3.55. The van der Waals surface area contributed by atoms with Gasteiger partial charge in [-0.05, 0) is 43.2 Å².